The van der Waals surface area contributed by atoms with Gasteiger partial charge in [-0.25, -0.2) is 0 Å². The monoisotopic (exact) mass is 286 g/mol. The maximum atomic E-state index is 12.1. The molecule has 1 unspecified atom stereocenters. The van der Waals surface area contributed by atoms with E-state index in [0.717, 1.165) is 25.9 Å². The number of nitrogens with zero attached hydrogens (tertiary/aromatic N) is 1. The minimum absolute atomic E-state index is 0.117. The van der Waals surface area contributed by atoms with Gasteiger partial charge in [0.2, 0.25) is 0 Å². The number of rotatable bonds is 4. The van der Waals surface area contributed by atoms with Crippen LogP contribution in [0.1, 0.15) is 18.1 Å². The lowest BCUT2D eigenvalue weighted by Gasteiger charge is -2.28. The first-order valence-electron chi connectivity index (χ1n) is 7.04. The number of nitrogens with one attached hydrogen (secondary N) is 1. The van der Waals surface area contributed by atoms with Crippen molar-refractivity contribution in [3.63, 3.8) is 0 Å². The third-order valence-corrected chi connectivity index (χ3v) is 3.84. The minimum atomic E-state index is -4.13. The van der Waals surface area contributed by atoms with Gasteiger partial charge >= 0.3 is 6.18 Å². The van der Waals surface area contributed by atoms with Crippen molar-refractivity contribution in [3.8, 4) is 0 Å². The van der Waals surface area contributed by atoms with Gasteiger partial charge in [0.15, 0.2) is 0 Å². The highest BCUT2D eigenvalue weighted by Crippen LogP contribution is 2.17. The molecule has 0 bridgehead atoms. The maximum Gasteiger partial charge on any atom is 0.401 e. The lowest BCUT2D eigenvalue weighted by Crippen LogP contribution is -2.43. The number of benzene rings is 1. The molecule has 0 amide bonds. The molecule has 0 saturated heterocycles. The van der Waals surface area contributed by atoms with E-state index in [1.54, 1.807) is 0 Å². The lowest BCUT2D eigenvalue weighted by molar-refractivity contribution is -0.125. The molecule has 1 aromatic carbocycles. The molecule has 0 saturated carbocycles. The van der Waals surface area contributed by atoms with Gasteiger partial charge < -0.3 is 5.32 Å². The molecule has 1 N–H and O–H groups in total. The van der Waals surface area contributed by atoms with Crippen LogP contribution >= 0.6 is 0 Å². The second-order valence-electron chi connectivity index (χ2n) is 5.40. The number of hydrogen-bond donors (Lipinski definition) is 1. The van der Waals surface area contributed by atoms with Gasteiger partial charge in [0.05, 0.1) is 6.54 Å². The summed E-state index contributed by atoms with van der Waals surface area (Å²) in [5.74, 6) is 0. The molecule has 1 atom stereocenters. The molecule has 0 aliphatic carbocycles. The summed E-state index contributed by atoms with van der Waals surface area (Å²) in [5, 5.41) is 2.50. The summed E-state index contributed by atoms with van der Waals surface area (Å²) in [6, 6.07) is 8.49. The van der Waals surface area contributed by atoms with Gasteiger partial charge in [0, 0.05) is 25.7 Å². The highest BCUT2D eigenvalue weighted by atomic mass is 19.4. The molecule has 1 aliphatic rings. The van der Waals surface area contributed by atoms with Crippen molar-refractivity contribution in [2.24, 2.45) is 0 Å². The van der Waals surface area contributed by atoms with Crippen LogP contribution in [0, 0.1) is 0 Å². The topological polar surface area (TPSA) is 15.3 Å². The predicted octanol–water partition coefficient (Wildman–Crippen LogP) is 2.63. The normalized spacial score (nSPS) is 18.4. The molecule has 1 heterocycles. The van der Waals surface area contributed by atoms with Gasteiger partial charge in [-0.05, 0) is 30.9 Å². The minimum Gasteiger partial charge on any atom is -0.307 e. The zero-order valence-corrected chi connectivity index (χ0v) is 11.7. The van der Waals surface area contributed by atoms with Gasteiger partial charge in [0.25, 0.3) is 0 Å². The summed E-state index contributed by atoms with van der Waals surface area (Å²) >= 11 is 0. The Bertz CT molecular complexity index is 404. The number of halogens is 3. The van der Waals surface area contributed by atoms with Crippen LogP contribution in [0.3, 0.4) is 0 Å². The first-order valence-corrected chi connectivity index (χ1v) is 7.04. The molecule has 112 valence electrons. The van der Waals surface area contributed by atoms with Crippen molar-refractivity contribution in [1.29, 1.82) is 0 Å². The Kier molecular flexibility index (Phi) is 5.05. The summed E-state index contributed by atoms with van der Waals surface area (Å²) in [6.07, 6.45) is -2.19. The van der Waals surface area contributed by atoms with Crippen LogP contribution in [0.5, 0.6) is 0 Å². The number of hydrogen-bond acceptors (Lipinski definition) is 2. The average Bonchev–Trinajstić information content (AvgIpc) is 2.59. The lowest BCUT2D eigenvalue weighted by atomic mass is 10.0. The van der Waals surface area contributed by atoms with Crippen LogP contribution in [0.15, 0.2) is 24.3 Å². The van der Waals surface area contributed by atoms with Crippen LogP contribution in [-0.2, 0) is 12.8 Å². The highest BCUT2D eigenvalue weighted by molar-refractivity contribution is 5.28. The van der Waals surface area contributed by atoms with E-state index >= 15 is 0 Å². The maximum absolute atomic E-state index is 12.1. The zero-order chi connectivity index (χ0) is 14.6. The van der Waals surface area contributed by atoms with Crippen molar-refractivity contribution in [3.05, 3.63) is 35.4 Å². The van der Waals surface area contributed by atoms with Crippen molar-refractivity contribution in [2.45, 2.75) is 32.0 Å². The second-order valence-corrected chi connectivity index (χ2v) is 5.40. The molecule has 0 aromatic heterocycles. The Morgan fingerprint density at radius 3 is 2.20 bits per heavy atom. The summed E-state index contributed by atoms with van der Waals surface area (Å²) in [6.45, 7) is 3.26. The first kappa shape index (κ1) is 15.3. The van der Waals surface area contributed by atoms with Crippen molar-refractivity contribution < 1.29 is 13.2 Å². The Labute approximate surface area is 118 Å². The van der Waals surface area contributed by atoms with Crippen LogP contribution in [0.4, 0.5) is 13.2 Å². The molecular formula is C15H21F3N2. The Hall–Kier alpha value is -1.07. The molecular weight excluding hydrogens is 265 g/mol. The molecule has 20 heavy (non-hydrogen) atoms. The predicted molar refractivity (Wildman–Crippen MR) is 73.8 cm³/mol. The van der Waals surface area contributed by atoms with E-state index in [2.05, 4.69) is 22.3 Å². The fourth-order valence-electron chi connectivity index (χ4n) is 2.68. The molecule has 0 spiro atoms. The Morgan fingerprint density at radius 2 is 1.70 bits per heavy atom. The first-order chi connectivity index (χ1) is 9.46. The molecule has 2 rings (SSSR count). The van der Waals surface area contributed by atoms with E-state index in [1.165, 1.54) is 11.1 Å². The molecule has 5 heteroatoms. The largest absolute Gasteiger partial charge is 0.401 e. The van der Waals surface area contributed by atoms with Gasteiger partial charge in [-0.1, -0.05) is 24.3 Å². The summed E-state index contributed by atoms with van der Waals surface area (Å²) in [5.41, 5.74) is 2.73. The molecule has 0 fully saturated rings. The Morgan fingerprint density at radius 1 is 1.15 bits per heavy atom. The quantitative estimate of drug-likeness (QED) is 0.915. The molecule has 0 radical (unpaired) electrons. The van der Waals surface area contributed by atoms with Crippen molar-refractivity contribution >= 4 is 0 Å². The third-order valence-electron chi connectivity index (χ3n) is 3.84. The number of fused-ring (bicyclic) bond motifs is 1. The fourth-order valence-corrected chi connectivity index (χ4v) is 2.68. The molecule has 2 nitrogen and oxygen atoms in total. The van der Waals surface area contributed by atoms with E-state index in [-0.39, 0.29) is 6.04 Å². The average molecular weight is 286 g/mol. The number of alkyl halides is 3. The van der Waals surface area contributed by atoms with E-state index in [9.17, 15) is 13.2 Å². The highest BCUT2D eigenvalue weighted by Gasteiger charge is 2.27. The second kappa shape index (κ2) is 6.59. The van der Waals surface area contributed by atoms with Gasteiger partial charge in [-0.2, -0.15) is 13.2 Å². The summed E-state index contributed by atoms with van der Waals surface area (Å²) in [4.78, 5) is 2.27. The SMILES string of the molecule is CC(CNCC(F)(F)F)N1CCc2ccccc2CC1. The smallest absolute Gasteiger partial charge is 0.307 e. The van der Waals surface area contributed by atoms with Crippen LogP contribution in [-0.4, -0.2) is 43.3 Å². The van der Waals surface area contributed by atoms with Crippen LogP contribution < -0.4 is 5.32 Å². The van der Waals surface area contributed by atoms with E-state index < -0.39 is 12.7 Å². The van der Waals surface area contributed by atoms with E-state index in [1.807, 2.05) is 19.1 Å². The molecule has 1 aromatic rings. The van der Waals surface area contributed by atoms with E-state index in [0.29, 0.717) is 6.54 Å². The van der Waals surface area contributed by atoms with Crippen LogP contribution in [0.2, 0.25) is 0 Å². The van der Waals surface area contributed by atoms with Gasteiger partial charge in [-0.15, -0.1) is 0 Å². The van der Waals surface area contributed by atoms with Crippen molar-refractivity contribution in [1.82, 2.24) is 10.2 Å². The summed E-state index contributed by atoms with van der Waals surface area (Å²) < 4.78 is 36.3. The Balaban J connectivity index is 1.83. The van der Waals surface area contributed by atoms with E-state index in [4.69, 9.17) is 0 Å². The summed E-state index contributed by atoms with van der Waals surface area (Å²) in [7, 11) is 0. The standard InChI is InChI=1S/C15H21F3N2/c1-12(10-19-11-15(16,17)18)20-8-6-13-4-2-3-5-14(13)7-9-20/h2-5,12,19H,6-11H2,1H3. The molecule has 1 aliphatic heterocycles. The fraction of sp³-hybridized carbons (Fsp3) is 0.600. The van der Waals surface area contributed by atoms with Gasteiger partial charge in [0.1, 0.15) is 0 Å². The van der Waals surface area contributed by atoms with Crippen molar-refractivity contribution in [2.75, 3.05) is 26.2 Å². The van der Waals surface area contributed by atoms with Gasteiger partial charge in [-0.3, -0.25) is 4.90 Å². The third kappa shape index (κ3) is 4.49. The van der Waals surface area contributed by atoms with Crippen LogP contribution in [0.25, 0.3) is 0 Å². The zero-order valence-electron chi connectivity index (χ0n) is 11.7.